The lowest BCUT2D eigenvalue weighted by Crippen LogP contribution is -2.60. The van der Waals surface area contributed by atoms with Gasteiger partial charge in [-0.2, -0.15) is 0 Å². The van der Waals surface area contributed by atoms with Crippen molar-refractivity contribution in [2.24, 2.45) is 0 Å². The Morgan fingerprint density at radius 2 is 1.35 bits per heavy atom. The van der Waals surface area contributed by atoms with Gasteiger partial charge in [0.25, 0.3) is 0 Å². The van der Waals surface area contributed by atoms with E-state index in [1.165, 1.54) is 51.7 Å². The first-order chi connectivity index (χ1) is 24.4. The third-order valence-corrected chi connectivity index (χ3v) is 8.56. The molecule has 0 radical (unpaired) electrons. The Morgan fingerprint density at radius 1 is 0.745 bits per heavy atom. The average Bonchev–Trinajstić information content (AvgIpc) is 3.13. The van der Waals surface area contributed by atoms with Crippen LogP contribution in [-0.4, -0.2) is 106 Å². The molecular formula is C37H46O14. The van der Waals surface area contributed by atoms with Crippen LogP contribution in [0.25, 0.3) is 6.08 Å². The molecule has 0 saturated carbocycles. The Kier molecular flexibility index (Phi) is 14.2. The summed E-state index contributed by atoms with van der Waals surface area (Å²) in [5, 5.41) is 71.1. The summed E-state index contributed by atoms with van der Waals surface area (Å²) in [7, 11) is 4.40. The largest absolute Gasteiger partial charge is 0.504 e. The van der Waals surface area contributed by atoms with Crippen molar-refractivity contribution in [3.8, 4) is 40.2 Å². The van der Waals surface area contributed by atoms with E-state index in [4.69, 9.17) is 28.4 Å². The van der Waals surface area contributed by atoms with E-state index in [1.807, 2.05) is 0 Å². The maximum atomic E-state index is 12.6. The quantitative estimate of drug-likeness (QED) is 0.0463. The van der Waals surface area contributed by atoms with Gasteiger partial charge in [0.05, 0.1) is 27.4 Å². The molecule has 0 spiro atoms. The minimum atomic E-state index is -1.67. The summed E-state index contributed by atoms with van der Waals surface area (Å²) < 4.78 is 33.3. The number of rotatable bonds is 17. The van der Waals surface area contributed by atoms with Crippen LogP contribution in [0.5, 0.6) is 40.2 Å². The van der Waals surface area contributed by atoms with Gasteiger partial charge in [0.2, 0.25) is 5.75 Å². The molecule has 6 atom stereocenters. The van der Waals surface area contributed by atoms with E-state index in [1.54, 1.807) is 24.3 Å². The third kappa shape index (κ3) is 10.6. The molecule has 0 aromatic heterocycles. The number of phenols is 4. The normalized spacial score (nSPS) is 20.9. The van der Waals surface area contributed by atoms with Crippen molar-refractivity contribution in [2.75, 3.05) is 27.9 Å². The third-order valence-electron chi connectivity index (χ3n) is 8.56. The molecule has 1 aliphatic rings. The second-order valence-corrected chi connectivity index (χ2v) is 12.1. The fourth-order valence-electron chi connectivity index (χ4n) is 5.69. The monoisotopic (exact) mass is 714 g/mol. The number of aromatic hydroxyl groups is 4. The molecule has 4 rings (SSSR count). The Hall–Kier alpha value is -4.73. The van der Waals surface area contributed by atoms with Crippen LogP contribution in [0.4, 0.5) is 0 Å². The number of ether oxygens (including phenoxy) is 6. The van der Waals surface area contributed by atoms with E-state index in [2.05, 4.69) is 0 Å². The van der Waals surface area contributed by atoms with Crippen LogP contribution in [0.2, 0.25) is 0 Å². The van der Waals surface area contributed by atoms with Gasteiger partial charge in [-0.05, 0) is 91.3 Å². The number of hydrogen-bond donors (Lipinski definition) is 7. The van der Waals surface area contributed by atoms with Crippen LogP contribution in [-0.2, 0) is 31.8 Å². The predicted molar refractivity (Wildman–Crippen MR) is 183 cm³/mol. The predicted octanol–water partition coefficient (Wildman–Crippen LogP) is 3.33. The highest BCUT2D eigenvalue weighted by atomic mass is 16.7. The van der Waals surface area contributed by atoms with Crippen molar-refractivity contribution in [3.05, 3.63) is 71.3 Å². The Balaban J connectivity index is 1.39. The molecule has 0 amide bonds. The number of esters is 1. The van der Waals surface area contributed by atoms with E-state index in [9.17, 15) is 40.5 Å². The Bertz CT molecular complexity index is 1600. The zero-order valence-electron chi connectivity index (χ0n) is 28.7. The van der Waals surface area contributed by atoms with Gasteiger partial charge in [0.1, 0.15) is 31.0 Å². The molecule has 1 saturated heterocycles. The number of phenolic OH excluding ortho intramolecular Hbond substituents is 4. The number of unbranched alkanes of at least 4 members (excludes halogenated alkanes) is 1. The number of methoxy groups -OCH3 is 3. The molecule has 0 unspecified atom stereocenters. The lowest BCUT2D eigenvalue weighted by Gasteiger charge is -2.41. The van der Waals surface area contributed by atoms with Gasteiger partial charge in [0, 0.05) is 6.08 Å². The summed E-state index contributed by atoms with van der Waals surface area (Å²) in [5.41, 5.74) is 2.11. The maximum absolute atomic E-state index is 12.6. The Morgan fingerprint density at radius 3 is 1.92 bits per heavy atom. The average molecular weight is 715 g/mol. The Labute approximate surface area is 295 Å². The van der Waals surface area contributed by atoms with Gasteiger partial charge >= 0.3 is 5.97 Å². The van der Waals surface area contributed by atoms with Crippen LogP contribution in [0, 0.1) is 0 Å². The minimum absolute atomic E-state index is 0.203. The van der Waals surface area contributed by atoms with Gasteiger partial charge in [-0.3, -0.25) is 0 Å². The van der Waals surface area contributed by atoms with Gasteiger partial charge < -0.3 is 64.2 Å². The molecule has 1 fully saturated rings. The molecule has 278 valence electrons. The molecule has 7 N–H and O–H groups in total. The van der Waals surface area contributed by atoms with Crippen LogP contribution >= 0.6 is 0 Å². The van der Waals surface area contributed by atoms with Crippen LogP contribution in [0.1, 0.15) is 42.4 Å². The fourth-order valence-corrected chi connectivity index (χ4v) is 5.69. The molecule has 0 aliphatic carbocycles. The first-order valence-electron chi connectivity index (χ1n) is 16.5. The van der Waals surface area contributed by atoms with E-state index in [0.29, 0.717) is 61.3 Å². The van der Waals surface area contributed by atoms with Crippen molar-refractivity contribution in [1.82, 2.24) is 0 Å². The minimum Gasteiger partial charge on any atom is -0.504 e. The summed E-state index contributed by atoms with van der Waals surface area (Å²) in [6, 6.07) is 12.4. The van der Waals surface area contributed by atoms with Crippen molar-refractivity contribution < 1.29 is 69.0 Å². The van der Waals surface area contributed by atoms with Crippen LogP contribution < -0.4 is 14.2 Å². The van der Waals surface area contributed by atoms with E-state index in [0.717, 1.165) is 17.2 Å². The van der Waals surface area contributed by atoms with Gasteiger partial charge in [-0.1, -0.05) is 18.6 Å². The van der Waals surface area contributed by atoms with Crippen LogP contribution in [0.15, 0.2) is 54.6 Å². The number of aryl methyl sites for hydroxylation is 2. The zero-order valence-corrected chi connectivity index (χ0v) is 28.7. The highest BCUT2D eigenvalue weighted by Gasteiger charge is 2.45. The van der Waals surface area contributed by atoms with Crippen molar-refractivity contribution >= 4 is 12.0 Å². The van der Waals surface area contributed by atoms with Crippen molar-refractivity contribution in [1.29, 1.82) is 0 Å². The van der Waals surface area contributed by atoms with E-state index >= 15 is 0 Å². The topological polar surface area (TPSA) is 214 Å². The first-order valence-corrected chi connectivity index (χ1v) is 16.5. The highest BCUT2D eigenvalue weighted by Crippen LogP contribution is 2.38. The van der Waals surface area contributed by atoms with Crippen LogP contribution in [0.3, 0.4) is 0 Å². The highest BCUT2D eigenvalue weighted by molar-refractivity contribution is 5.87. The lowest BCUT2D eigenvalue weighted by atomic mass is 9.98. The summed E-state index contributed by atoms with van der Waals surface area (Å²) in [4.78, 5) is 12.6. The molecular weight excluding hydrogens is 668 g/mol. The summed E-state index contributed by atoms with van der Waals surface area (Å²) in [6.07, 6.45) is -2.10. The van der Waals surface area contributed by atoms with Gasteiger partial charge in [-0.15, -0.1) is 0 Å². The summed E-state index contributed by atoms with van der Waals surface area (Å²) in [6.45, 7) is -0.458. The second kappa shape index (κ2) is 18.5. The SMILES string of the molecule is COc1cc(C=CC(=O)OC[C@H]2O[C@@H](O[C@H](CCCCc3ccc(O)c(O)c3)CCc3ccc(O)c(O)c3)[C@H](O)[C@@H](O)[C@@H]2O)cc(OC)c1OC. The molecule has 14 nitrogen and oxygen atoms in total. The number of hydrogen-bond acceptors (Lipinski definition) is 14. The van der Waals surface area contributed by atoms with Gasteiger partial charge in [-0.25, -0.2) is 4.79 Å². The van der Waals surface area contributed by atoms with Gasteiger partial charge in [0.15, 0.2) is 40.8 Å². The first kappa shape index (κ1) is 39.1. The number of benzene rings is 3. The molecule has 1 heterocycles. The number of carbonyl (C=O) groups is 1. The van der Waals surface area contributed by atoms with Crippen molar-refractivity contribution in [2.45, 2.75) is 75.3 Å². The lowest BCUT2D eigenvalue weighted by molar-refractivity contribution is -0.312. The number of carbonyl (C=O) groups excluding carboxylic acids is 1. The molecule has 1 aliphatic heterocycles. The molecule has 3 aromatic carbocycles. The molecule has 0 bridgehead atoms. The standard InChI is InChI=1S/C37H46O14/c1-46-29-18-23(19-30(47-2)36(29)48-3)11-15-32(42)49-20-31-33(43)34(44)35(45)37(51-31)50-24(12-8-22-10-14-26(39)28(41)17-22)7-5-4-6-21-9-13-25(38)27(40)16-21/h9-11,13-19,24,31,33-35,37-41,43-45H,4-8,12,20H2,1-3H3/t24-,31-,33-,34+,35-,37-/m1/s1. The maximum Gasteiger partial charge on any atom is 0.330 e. The summed E-state index contributed by atoms with van der Waals surface area (Å²) >= 11 is 0. The van der Waals surface area contributed by atoms with E-state index in [-0.39, 0.29) is 23.0 Å². The zero-order chi connectivity index (χ0) is 37.1. The van der Waals surface area contributed by atoms with Crippen molar-refractivity contribution in [3.63, 3.8) is 0 Å². The fraction of sp³-hybridized carbons (Fsp3) is 0.432. The molecule has 14 heteroatoms. The molecule has 3 aromatic rings. The second-order valence-electron chi connectivity index (χ2n) is 12.1. The number of aliphatic hydroxyl groups is 3. The molecule has 51 heavy (non-hydrogen) atoms. The number of aliphatic hydroxyl groups excluding tert-OH is 3. The summed E-state index contributed by atoms with van der Waals surface area (Å²) in [5.74, 6) is -0.524. The smallest absolute Gasteiger partial charge is 0.330 e. The van der Waals surface area contributed by atoms with E-state index < -0.39 is 49.4 Å².